The molecule has 2 heterocycles. The molecule has 1 aliphatic carbocycles. The normalized spacial score (nSPS) is 16.7. The van der Waals surface area contributed by atoms with Gasteiger partial charge in [0.15, 0.2) is 5.82 Å². The molecule has 6 nitrogen and oxygen atoms in total. The summed E-state index contributed by atoms with van der Waals surface area (Å²) in [5.74, 6) is 0.347. The second-order valence-corrected chi connectivity index (χ2v) is 11.2. The highest BCUT2D eigenvalue weighted by Crippen LogP contribution is 2.44. The van der Waals surface area contributed by atoms with E-state index in [4.69, 9.17) is 0 Å². The van der Waals surface area contributed by atoms with Crippen LogP contribution in [0, 0.1) is 6.92 Å². The molecule has 1 N–H and O–H groups in total. The molecular weight excluding hydrogens is 492 g/mol. The summed E-state index contributed by atoms with van der Waals surface area (Å²) in [6.45, 7) is 1.93. The molecule has 188 valence electrons. The van der Waals surface area contributed by atoms with Gasteiger partial charge in [0.05, 0.1) is 10.6 Å². The van der Waals surface area contributed by atoms with Crippen molar-refractivity contribution >= 4 is 27.6 Å². The number of aromatic amines is 1. The van der Waals surface area contributed by atoms with Crippen molar-refractivity contribution in [1.82, 2.24) is 15.2 Å². The van der Waals surface area contributed by atoms with Crippen LogP contribution >= 0.6 is 0 Å². The predicted molar refractivity (Wildman–Crippen MR) is 150 cm³/mol. The molecule has 5 aromatic rings. The molecule has 0 fully saturated rings. The van der Waals surface area contributed by atoms with Gasteiger partial charge in [-0.25, -0.2) is 12.7 Å². The van der Waals surface area contributed by atoms with E-state index in [1.807, 2.05) is 61.5 Å². The maximum atomic E-state index is 14.0. The summed E-state index contributed by atoms with van der Waals surface area (Å²) in [6.07, 6.45) is 8.33. The van der Waals surface area contributed by atoms with Gasteiger partial charge in [-0.1, -0.05) is 78.4 Å². The van der Waals surface area contributed by atoms with Gasteiger partial charge in [-0.05, 0) is 54.4 Å². The van der Waals surface area contributed by atoms with Crippen LogP contribution in [-0.2, 0) is 21.9 Å². The summed E-state index contributed by atoms with van der Waals surface area (Å²) in [5, 5.41) is 7.78. The van der Waals surface area contributed by atoms with Crippen LogP contribution < -0.4 is 4.31 Å². The third kappa shape index (κ3) is 4.01. The molecule has 1 aliphatic rings. The Kier molecular flexibility index (Phi) is 5.93. The van der Waals surface area contributed by atoms with Crippen LogP contribution in [0.3, 0.4) is 0 Å². The number of aryl methyl sites for hydroxylation is 1. The van der Waals surface area contributed by atoms with E-state index in [1.54, 1.807) is 48.8 Å². The lowest BCUT2D eigenvalue weighted by molar-refractivity contribution is 0.595. The van der Waals surface area contributed by atoms with Gasteiger partial charge in [-0.3, -0.25) is 10.1 Å². The van der Waals surface area contributed by atoms with Crippen molar-refractivity contribution in [2.24, 2.45) is 0 Å². The van der Waals surface area contributed by atoms with Gasteiger partial charge in [0.25, 0.3) is 10.0 Å². The van der Waals surface area contributed by atoms with Gasteiger partial charge in [0.2, 0.25) is 0 Å². The molecule has 38 heavy (non-hydrogen) atoms. The molecule has 7 heteroatoms. The molecule has 0 aliphatic heterocycles. The van der Waals surface area contributed by atoms with Crippen LogP contribution in [0.4, 0.5) is 11.5 Å². The Morgan fingerprint density at radius 3 is 2.13 bits per heavy atom. The zero-order chi connectivity index (χ0) is 26.2. The lowest BCUT2D eigenvalue weighted by Crippen LogP contribution is -2.31. The van der Waals surface area contributed by atoms with Crippen molar-refractivity contribution in [3.63, 3.8) is 0 Å². The number of nitrogens with zero attached hydrogens (tertiary/aromatic N) is 3. The van der Waals surface area contributed by atoms with E-state index in [0.717, 1.165) is 27.9 Å². The van der Waals surface area contributed by atoms with E-state index >= 15 is 0 Å². The standard InChI is InChI=1S/C31H26N4O2S/c1-23-12-14-27(15-13-23)38(36,37)35(26-10-6-3-7-11-26)30-28-16-19-31(22-29(28)33-34-30,24-8-4-2-5-9-24)25-17-20-32-21-18-25/h2-21H,22H2,1H3,(H,33,34). The first kappa shape index (κ1) is 23.9. The van der Waals surface area contributed by atoms with Crippen molar-refractivity contribution in [3.05, 3.63) is 143 Å². The van der Waals surface area contributed by atoms with Gasteiger partial charge < -0.3 is 0 Å². The molecule has 0 radical (unpaired) electrons. The predicted octanol–water partition coefficient (Wildman–Crippen LogP) is 6.20. The fourth-order valence-electron chi connectivity index (χ4n) is 5.11. The highest BCUT2D eigenvalue weighted by molar-refractivity contribution is 7.93. The lowest BCUT2D eigenvalue weighted by atomic mass is 9.69. The number of hydrogen-bond acceptors (Lipinski definition) is 4. The number of pyridine rings is 1. The fraction of sp³-hybridized carbons (Fsp3) is 0.0968. The topological polar surface area (TPSA) is 79.0 Å². The van der Waals surface area contributed by atoms with Gasteiger partial charge >= 0.3 is 0 Å². The summed E-state index contributed by atoms with van der Waals surface area (Å²) in [7, 11) is -3.95. The number of fused-ring (bicyclic) bond motifs is 1. The molecule has 0 saturated heterocycles. The number of anilines is 2. The van der Waals surface area contributed by atoms with Gasteiger partial charge in [0, 0.05) is 35.5 Å². The van der Waals surface area contributed by atoms with Crippen LogP contribution in [0.1, 0.15) is 27.9 Å². The maximum Gasteiger partial charge on any atom is 0.269 e. The summed E-state index contributed by atoms with van der Waals surface area (Å²) < 4.78 is 29.4. The monoisotopic (exact) mass is 518 g/mol. The van der Waals surface area contributed by atoms with Crippen LogP contribution in [0.25, 0.3) is 6.08 Å². The number of para-hydroxylation sites is 1. The Balaban J connectivity index is 1.51. The number of rotatable bonds is 6. The summed E-state index contributed by atoms with van der Waals surface area (Å²) >= 11 is 0. The van der Waals surface area contributed by atoms with Crippen molar-refractivity contribution in [2.45, 2.75) is 23.7 Å². The number of nitrogens with one attached hydrogen (secondary N) is 1. The minimum Gasteiger partial charge on any atom is -0.280 e. The molecule has 1 unspecified atom stereocenters. The minimum atomic E-state index is -3.95. The van der Waals surface area contributed by atoms with Gasteiger partial charge in [-0.2, -0.15) is 5.10 Å². The van der Waals surface area contributed by atoms with E-state index in [-0.39, 0.29) is 4.90 Å². The third-order valence-electron chi connectivity index (χ3n) is 7.08. The molecule has 6 rings (SSSR count). The average molecular weight is 519 g/mol. The van der Waals surface area contributed by atoms with E-state index in [1.165, 1.54) is 4.31 Å². The number of hydrogen-bond donors (Lipinski definition) is 1. The zero-order valence-electron chi connectivity index (χ0n) is 20.8. The third-order valence-corrected chi connectivity index (χ3v) is 8.81. The lowest BCUT2D eigenvalue weighted by Gasteiger charge is -2.34. The minimum absolute atomic E-state index is 0.207. The van der Waals surface area contributed by atoms with Crippen molar-refractivity contribution in [1.29, 1.82) is 0 Å². The number of allylic oxidation sites excluding steroid dienone is 1. The number of aromatic nitrogens is 3. The first-order chi connectivity index (χ1) is 18.5. The van der Waals surface area contributed by atoms with E-state index in [2.05, 4.69) is 33.4 Å². The molecule has 1 atom stereocenters. The Labute approximate surface area is 222 Å². The van der Waals surface area contributed by atoms with Gasteiger partial charge in [0.1, 0.15) is 0 Å². The van der Waals surface area contributed by atoms with Crippen molar-refractivity contribution < 1.29 is 8.42 Å². The molecular formula is C31H26N4O2S. The first-order valence-electron chi connectivity index (χ1n) is 12.4. The van der Waals surface area contributed by atoms with E-state index in [0.29, 0.717) is 17.9 Å². The van der Waals surface area contributed by atoms with Crippen molar-refractivity contribution in [2.75, 3.05) is 4.31 Å². The van der Waals surface area contributed by atoms with Crippen LogP contribution in [0.2, 0.25) is 0 Å². The summed E-state index contributed by atoms with van der Waals surface area (Å²) in [5.41, 5.74) is 4.91. The Hall–Kier alpha value is -4.49. The van der Waals surface area contributed by atoms with Crippen molar-refractivity contribution in [3.8, 4) is 0 Å². The zero-order valence-corrected chi connectivity index (χ0v) is 21.6. The molecule has 3 aromatic carbocycles. The SMILES string of the molecule is Cc1ccc(S(=O)(=O)N(c2ccccc2)c2n[nH]c3c2C=CC(c2ccccc2)(c2ccncc2)C3)cc1. The Morgan fingerprint density at radius 1 is 0.816 bits per heavy atom. The maximum absolute atomic E-state index is 14.0. The largest absolute Gasteiger partial charge is 0.280 e. The highest BCUT2D eigenvalue weighted by atomic mass is 32.2. The average Bonchev–Trinajstić information content (AvgIpc) is 3.37. The molecule has 2 aromatic heterocycles. The number of sulfonamides is 1. The summed E-state index contributed by atoms with van der Waals surface area (Å²) in [6, 6.07) is 30.3. The fourth-order valence-corrected chi connectivity index (χ4v) is 6.56. The summed E-state index contributed by atoms with van der Waals surface area (Å²) in [4.78, 5) is 4.42. The molecule has 0 spiro atoms. The quantitative estimate of drug-likeness (QED) is 0.290. The highest BCUT2D eigenvalue weighted by Gasteiger charge is 2.39. The number of benzene rings is 3. The molecule has 0 saturated carbocycles. The first-order valence-corrected chi connectivity index (χ1v) is 13.8. The molecule has 0 amide bonds. The molecule has 0 bridgehead atoms. The Bertz CT molecular complexity index is 1660. The second-order valence-electron chi connectivity index (χ2n) is 9.44. The van der Waals surface area contributed by atoms with Gasteiger partial charge in [-0.15, -0.1) is 0 Å². The van der Waals surface area contributed by atoms with Crippen LogP contribution in [0.15, 0.2) is 120 Å². The van der Waals surface area contributed by atoms with E-state index < -0.39 is 15.4 Å². The van der Waals surface area contributed by atoms with Crippen LogP contribution in [0.5, 0.6) is 0 Å². The Morgan fingerprint density at radius 2 is 1.45 bits per heavy atom. The number of H-pyrrole nitrogens is 1. The van der Waals surface area contributed by atoms with Crippen LogP contribution in [-0.4, -0.2) is 23.6 Å². The smallest absolute Gasteiger partial charge is 0.269 e. The van der Waals surface area contributed by atoms with E-state index in [9.17, 15) is 8.42 Å². The second kappa shape index (κ2) is 9.43.